The number of aliphatic hydroxyl groups is 1. The second kappa shape index (κ2) is 15.0. The van der Waals surface area contributed by atoms with Gasteiger partial charge in [-0.25, -0.2) is 9.78 Å². The van der Waals surface area contributed by atoms with Crippen LogP contribution in [0.1, 0.15) is 41.6 Å². The summed E-state index contributed by atoms with van der Waals surface area (Å²) in [6.45, 7) is 6.23. The van der Waals surface area contributed by atoms with Crippen LogP contribution in [-0.2, 0) is 27.4 Å². The molecule has 43 heavy (non-hydrogen) atoms. The molecule has 3 aromatic carbocycles. The first-order valence-electron chi connectivity index (χ1n) is 14.3. The van der Waals surface area contributed by atoms with Gasteiger partial charge >= 0.3 is 6.09 Å². The van der Waals surface area contributed by atoms with E-state index in [9.17, 15) is 9.90 Å². The molecule has 1 saturated heterocycles. The number of ether oxygens (including phenoxy) is 3. The Morgan fingerprint density at radius 3 is 2.51 bits per heavy atom. The maximum atomic E-state index is 11.9. The number of aromatic nitrogens is 1. The molecule has 222 valence electrons. The van der Waals surface area contributed by atoms with Gasteiger partial charge in [-0.15, -0.1) is 11.8 Å². The average Bonchev–Trinajstić information content (AvgIpc) is 3.06. The Morgan fingerprint density at radius 1 is 0.977 bits per heavy atom. The summed E-state index contributed by atoms with van der Waals surface area (Å²) in [4.78, 5) is 16.3. The second-order valence-corrected chi connectivity index (χ2v) is 11.4. The number of amides is 1. The Morgan fingerprint density at radius 2 is 1.77 bits per heavy atom. The lowest BCUT2D eigenvalue weighted by Gasteiger charge is -2.41. The van der Waals surface area contributed by atoms with E-state index in [0.717, 1.165) is 44.2 Å². The van der Waals surface area contributed by atoms with Gasteiger partial charge in [0, 0.05) is 30.0 Å². The summed E-state index contributed by atoms with van der Waals surface area (Å²) in [5.74, 6) is 0.811. The van der Waals surface area contributed by atoms with Gasteiger partial charge in [-0.3, -0.25) is 0 Å². The van der Waals surface area contributed by atoms with Gasteiger partial charge in [0.25, 0.3) is 0 Å². The van der Waals surface area contributed by atoms with E-state index < -0.39 is 12.4 Å². The molecule has 1 aliphatic rings. The molecule has 1 fully saturated rings. The molecule has 1 aliphatic heterocycles. The first-order valence-corrected chi connectivity index (χ1v) is 15.3. The summed E-state index contributed by atoms with van der Waals surface area (Å²) in [7, 11) is 0. The number of hydrogen-bond acceptors (Lipinski definition) is 7. The van der Waals surface area contributed by atoms with Gasteiger partial charge in [0.1, 0.15) is 6.61 Å². The lowest BCUT2D eigenvalue weighted by molar-refractivity contribution is -0.268. The largest absolute Gasteiger partial charge is 0.445 e. The molecule has 8 heteroatoms. The second-order valence-electron chi connectivity index (χ2n) is 10.4. The number of hydrogen-bond donors (Lipinski definition) is 2. The molecule has 0 unspecified atom stereocenters. The van der Waals surface area contributed by atoms with E-state index in [1.54, 1.807) is 18.0 Å². The highest BCUT2D eigenvalue weighted by Crippen LogP contribution is 2.43. The number of nitrogens with zero attached hydrogens (tertiary/aromatic N) is 1. The van der Waals surface area contributed by atoms with Crippen molar-refractivity contribution < 1.29 is 24.1 Å². The van der Waals surface area contributed by atoms with E-state index in [-0.39, 0.29) is 31.3 Å². The first kappa shape index (κ1) is 30.5. The van der Waals surface area contributed by atoms with Crippen molar-refractivity contribution in [2.45, 2.75) is 43.6 Å². The zero-order valence-corrected chi connectivity index (χ0v) is 24.9. The predicted molar refractivity (Wildman–Crippen MR) is 168 cm³/mol. The highest BCUT2D eigenvalue weighted by molar-refractivity contribution is 7.99. The molecule has 2 N–H and O–H groups in total. The quantitative estimate of drug-likeness (QED) is 0.139. The molecule has 0 radical (unpaired) electrons. The van der Waals surface area contributed by atoms with Crippen LogP contribution in [0.2, 0.25) is 0 Å². The molecule has 0 spiro atoms. The number of carbonyl (C=O) groups is 1. The van der Waals surface area contributed by atoms with Crippen LogP contribution in [0.5, 0.6) is 0 Å². The molecule has 4 aromatic rings. The van der Waals surface area contributed by atoms with Gasteiger partial charge in [-0.1, -0.05) is 86.3 Å². The van der Waals surface area contributed by atoms with Crippen LogP contribution >= 0.6 is 11.8 Å². The summed E-state index contributed by atoms with van der Waals surface area (Å²) in [6, 6.07) is 30.1. The smallest absolute Gasteiger partial charge is 0.407 e. The molecule has 0 aliphatic carbocycles. The van der Waals surface area contributed by atoms with Crippen LogP contribution in [0.15, 0.2) is 115 Å². The number of aliphatic hydroxyl groups excluding tert-OH is 1. The van der Waals surface area contributed by atoms with Crippen molar-refractivity contribution >= 4 is 17.9 Å². The Kier molecular flexibility index (Phi) is 10.6. The van der Waals surface area contributed by atoms with Crippen molar-refractivity contribution in [1.82, 2.24) is 10.3 Å². The highest BCUT2D eigenvalue weighted by atomic mass is 32.2. The Balaban J connectivity index is 1.37. The molecule has 2 heterocycles. The average molecular weight is 597 g/mol. The normalized spacial score (nSPS) is 19.9. The van der Waals surface area contributed by atoms with Crippen LogP contribution in [0.25, 0.3) is 11.1 Å². The van der Waals surface area contributed by atoms with Crippen molar-refractivity contribution in [2.24, 2.45) is 5.92 Å². The van der Waals surface area contributed by atoms with Gasteiger partial charge in [0.05, 0.1) is 23.8 Å². The van der Waals surface area contributed by atoms with Crippen molar-refractivity contribution in [2.75, 3.05) is 12.4 Å². The molecule has 1 aromatic heterocycles. The minimum Gasteiger partial charge on any atom is -0.445 e. The summed E-state index contributed by atoms with van der Waals surface area (Å²) in [5.41, 5.74) is 5.82. The third-order valence-electron chi connectivity index (χ3n) is 7.34. The zero-order valence-electron chi connectivity index (χ0n) is 24.1. The molecular weight excluding hydrogens is 560 g/mol. The first-order chi connectivity index (χ1) is 21.0. The van der Waals surface area contributed by atoms with Crippen molar-refractivity contribution in [1.29, 1.82) is 0 Å². The third-order valence-corrected chi connectivity index (χ3v) is 8.38. The third kappa shape index (κ3) is 8.12. The minimum absolute atomic E-state index is 0.000113. The van der Waals surface area contributed by atoms with E-state index in [2.05, 4.69) is 42.0 Å². The number of alkyl carbamates (subject to hydrolysis) is 1. The van der Waals surface area contributed by atoms with Crippen LogP contribution in [-0.4, -0.2) is 34.6 Å². The van der Waals surface area contributed by atoms with Crippen LogP contribution in [0.4, 0.5) is 4.79 Å². The topological polar surface area (TPSA) is 89.9 Å². The van der Waals surface area contributed by atoms with Gasteiger partial charge in [-0.05, 0) is 52.1 Å². The minimum atomic E-state index is -0.572. The zero-order chi connectivity index (χ0) is 30.0. The number of carbonyl (C=O) groups excluding carboxylic acids is 1. The molecule has 0 saturated carbocycles. The fourth-order valence-corrected chi connectivity index (χ4v) is 6.02. The fraction of sp³-hybridized carbons (Fsp3) is 0.257. The summed E-state index contributed by atoms with van der Waals surface area (Å²) >= 11 is 1.68. The molecule has 1 amide bonds. The van der Waals surface area contributed by atoms with Crippen LogP contribution in [0, 0.1) is 5.92 Å². The van der Waals surface area contributed by atoms with E-state index in [1.165, 1.54) is 6.08 Å². The summed E-state index contributed by atoms with van der Waals surface area (Å²) < 4.78 is 18.3. The Labute approximate surface area is 256 Å². The lowest BCUT2D eigenvalue weighted by atomic mass is 9.91. The molecule has 5 rings (SSSR count). The van der Waals surface area contributed by atoms with Gasteiger partial charge in [0.2, 0.25) is 0 Å². The fourth-order valence-electron chi connectivity index (χ4n) is 5.00. The number of rotatable bonds is 11. The SMILES string of the molecule is C=CCOC(=O)NCc1cccc(-c2cccc([C@H]3O[C@@H](CSc4ccccn4)[C@@H](C)[C@@H](c4ccc(CO)cc4)O3)c2)c1. The van der Waals surface area contributed by atoms with Gasteiger partial charge in [-0.2, -0.15) is 0 Å². The van der Waals surface area contributed by atoms with Crippen molar-refractivity contribution in [3.05, 3.63) is 132 Å². The summed E-state index contributed by atoms with van der Waals surface area (Å²) in [6.07, 6.45) is 1.99. The Hall–Kier alpha value is -3.95. The van der Waals surface area contributed by atoms with Crippen molar-refractivity contribution in [3.8, 4) is 11.1 Å². The molecular formula is C35H36N2O5S. The standard InChI is InChI=1S/C35H36N2O5S/c1-3-18-40-35(39)37-21-26-8-6-9-28(19-26)29-10-7-11-30(20-29)34-41-31(23-43-32-12-4-5-17-36-32)24(2)33(42-34)27-15-13-25(22-38)14-16-27/h3-17,19-20,24,31,33-34,38H,1,18,21-23H2,2H3,(H,37,39)/t24-,31+,33+,34+/m1/s1. The monoisotopic (exact) mass is 596 g/mol. The predicted octanol–water partition coefficient (Wildman–Crippen LogP) is 7.24. The van der Waals surface area contributed by atoms with E-state index in [4.69, 9.17) is 14.2 Å². The number of nitrogens with one attached hydrogen (secondary N) is 1. The maximum Gasteiger partial charge on any atom is 0.407 e. The molecule has 7 nitrogen and oxygen atoms in total. The molecule has 0 bridgehead atoms. The lowest BCUT2D eigenvalue weighted by Crippen LogP contribution is -2.38. The van der Waals surface area contributed by atoms with E-state index in [1.807, 2.05) is 72.8 Å². The van der Waals surface area contributed by atoms with Crippen LogP contribution in [0.3, 0.4) is 0 Å². The summed E-state index contributed by atoms with van der Waals surface area (Å²) in [5, 5.41) is 13.3. The Bertz CT molecular complexity index is 1500. The van der Waals surface area contributed by atoms with E-state index >= 15 is 0 Å². The number of thioether (sulfide) groups is 1. The van der Waals surface area contributed by atoms with E-state index in [0.29, 0.717) is 6.54 Å². The highest BCUT2D eigenvalue weighted by Gasteiger charge is 2.38. The maximum absolute atomic E-state index is 11.9. The number of benzene rings is 3. The molecule has 4 atom stereocenters. The van der Waals surface area contributed by atoms with Crippen molar-refractivity contribution in [3.63, 3.8) is 0 Å². The van der Waals surface area contributed by atoms with Gasteiger partial charge < -0.3 is 24.6 Å². The number of pyridine rings is 1. The van der Waals surface area contributed by atoms with Crippen LogP contribution < -0.4 is 5.32 Å². The van der Waals surface area contributed by atoms with Gasteiger partial charge in [0.15, 0.2) is 6.29 Å².